The number of carbonyl (C=O) groups excluding carboxylic acids is 2. The average Bonchev–Trinajstić information content (AvgIpc) is 2.88. The second-order valence-electron chi connectivity index (χ2n) is 15.4. The van der Waals surface area contributed by atoms with E-state index in [0.29, 0.717) is 23.3 Å². The molecular weight excluding hydrogens is 593 g/mol. The highest BCUT2D eigenvalue weighted by Crippen LogP contribution is 2.45. The van der Waals surface area contributed by atoms with Crippen LogP contribution in [0.4, 0.5) is 0 Å². The first-order valence-electron chi connectivity index (χ1n) is 15.8. The number of hydrogen-bond acceptors (Lipinski definition) is 8. The number of aromatic hydroxyl groups is 1. The van der Waals surface area contributed by atoms with Crippen molar-refractivity contribution in [1.29, 1.82) is 0 Å². The smallest absolute Gasteiger partial charge is 0.198 e. The first-order chi connectivity index (χ1) is 20.2. The van der Waals surface area contributed by atoms with Crippen LogP contribution in [0, 0.1) is 0 Å². The van der Waals surface area contributed by atoms with Gasteiger partial charge >= 0.3 is 0 Å². The van der Waals surface area contributed by atoms with Gasteiger partial charge in [0.05, 0.1) is 36.2 Å². The Morgan fingerprint density at radius 1 is 1.00 bits per heavy atom. The summed E-state index contributed by atoms with van der Waals surface area (Å²) in [5.41, 5.74) is 1.44. The number of fused-ring (bicyclic) bond motifs is 2. The molecule has 244 valence electrons. The van der Waals surface area contributed by atoms with Gasteiger partial charge in [-0.05, 0) is 73.4 Å². The van der Waals surface area contributed by atoms with Crippen LogP contribution >= 0.6 is 0 Å². The van der Waals surface area contributed by atoms with Crippen LogP contribution in [-0.4, -0.2) is 65.0 Å². The van der Waals surface area contributed by atoms with E-state index in [4.69, 9.17) is 23.1 Å². The van der Waals surface area contributed by atoms with E-state index in [1.165, 1.54) is 6.08 Å². The van der Waals surface area contributed by atoms with Crippen molar-refractivity contribution in [2.45, 2.75) is 129 Å². The molecule has 0 amide bonds. The molecular formula is C34H52O8Si2. The fourth-order valence-electron chi connectivity index (χ4n) is 5.25. The number of phenolic OH excluding ortho intramolecular Hbond substituents is 1. The Morgan fingerprint density at radius 3 is 2.23 bits per heavy atom. The minimum Gasteiger partial charge on any atom is -0.507 e. The Kier molecular flexibility index (Phi) is 9.69. The second-order valence-corrected chi connectivity index (χ2v) is 25.0. The van der Waals surface area contributed by atoms with Crippen molar-refractivity contribution >= 4 is 34.3 Å². The molecule has 3 aliphatic rings. The van der Waals surface area contributed by atoms with Crippen LogP contribution in [0.5, 0.6) is 5.75 Å². The topological polar surface area (TPSA) is 101 Å². The fourth-order valence-corrected chi connectivity index (χ4v) is 7.59. The molecule has 4 rings (SSSR count). The predicted octanol–water partition coefficient (Wildman–Crippen LogP) is 8.08. The van der Waals surface area contributed by atoms with Gasteiger partial charge in [-0.2, -0.15) is 0 Å². The van der Waals surface area contributed by atoms with E-state index >= 15 is 0 Å². The van der Waals surface area contributed by atoms with Crippen LogP contribution in [0.15, 0.2) is 23.5 Å². The van der Waals surface area contributed by atoms with E-state index in [1.807, 2.05) is 13.8 Å². The lowest BCUT2D eigenvalue weighted by molar-refractivity contribution is -0.237. The summed E-state index contributed by atoms with van der Waals surface area (Å²) in [7, 11) is -4.35. The first-order valence-corrected chi connectivity index (χ1v) is 21.6. The van der Waals surface area contributed by atoms with Crippen molar-refractivity contribution in [2.75, 3.05) is 13.2 Å². The van der Waals surface area contributed by atoms with Gasteiger partial charge in [0.15, 0.2) is 34.5 Å². The minimum atomic E-state index is -2.21. The van der Waals surface area contributed by atoms with Gasteiger partial charge in [0.25, 0.3) is 0 Å². The SMILES string of the molecule is CCC[C@H]1OC(C)=Cc2cc3c(c(O)c21)C(=O)C([C@@H]1OC[C@@H](O[Si](C)(C)C(C)(C)C)[C@H](CO[Si](C)(C)C(C)(C)C)O1)=CC3=O. The quantitative estimate of drug-likeness (QED) is 0.284. The highest BCUT2D eigenvalue weighted by atomic mass is 28.4. The van der Waals surface area contributed by atoms with Gasteiger partial charge in [-0.3, -0.25) is 9.59 Å². The zero-order chi connectivity index (χ0) is 33.0. The fraction of sp³-hybridized carbons (Fsp3) is 0.647. The molecule has 1 aliphatic carbocycles. The lowest BCUT2D eigenvalue weighted by Crippen LogP contribution is -2.56. The van der Waals surface area contributed by atoms with Crippen molar-refractivity contribution in [3.8, 4) is 5.75 Å². The van der Waals surface area contributed by atoms with Crippen molar-refractivity contribution in [3.63, 3.8) is 0 Å². The molecule has 4 atom stereocenters. The van der Waals surface area contributed by atoms with Gasteiger partial charge in [-0.25, -0.2) is 0 Å². The highest BCUT2D eigenvalue weighted by Gasteiger charge is 2.47. The zero-order valence-electron chi connectivity index (χ0n) is 28.7. The number of benzene rings is 1. The molecule has 1 fully saturated rings. The Balaban J connectivity index is 1.67. The van der Waals surface area contributed by atoms with Gasteiger partial charge in [-0.1, -0.05) is 54.9 Å². The molecule has 2 aliphatic heterocycles. The summed E-state index contributed by atoms with van der Waals surface area (Å²) in [5, 5.41) is 11.5. The normalized spacial score (nSPS) is 24.7. The number of carbonyl (C=O) groups is 2. The molecule has 1 aromatic rings. The number of hydrogen-bond donors (Lipinski definition) is 1. The monoisotopic (exact) mass is 644 g/mol. The molecule has 2 heterocycles. The van der Waals surface area contributed by atoms with Crippen molar-refractivity contribution < 1.29 is 37.8 Å². The Labute approximate surface area is 265 Å². The molecule has 0 unspecified atom stereocenters. The summed E-state index contributed by atoms with van der Waals surface area (Å²) in [6, 6.07) is 1.69. The maximum Gasteiger partial charge on any atom is 0.198 e. The summed E-state index contributed by atoms with van der Waals surface area (Å²) < 4.78 is 32.0. The number of allylic oxidation sites excluding steroid dienone is 2. The van der Waals surface area contributed by atoms with Gasteiger partial charge in [0.2, 0.25) is 0 Å². The standard InChI is InChI=1S/C34H52O8Si2/c1-13-14-25-28-21(15-20(2)40-25)16-22-24(35)17-23(30(36)29(22)31(28)37)32-38-18-27(42-44(11,12)34(6,7)8)26(41-32)19-39-43(9,10)33(3,4)5/h15-17,25-27,32,37H,13-14,18-19H2,1-12H3/t25-,26+,27-,32-/m1/s1. The Bertz CT molecular complexity index is 1360. The van der Waals surface area contributed by atoms with Gasteiger partial charge in [0, 0.05) is 11.1 Å². The van der Waals surface area contributed by atoms with Gasteiger partial charge < -0.3 is 28.2 Å². The molecule has 1 saturated heterocycles. The van der Waals surface area contributed by atoms with E-state index in [-0.39, 0.29) is 51.5 Å². The maximum absolute atomic E-state index is 14.0. The first kappa shape index (κ1) is 34.8. The molecule has 0 aromatic heterocycles. The minimum absolute atomic E-state index is 0.00487. The van der Waals surface area contributed by atoms with Crippen LogP contribution in [-0.2, 0) is 23.1 Å². The predicted molar refractivity (Wildman–Crippen MR) is 177 cm³/mol. The van der Waals surface area contributed by atoms with Crippen LogP contribution in [0.3, 0.4) is 0 Å². The molecule has 1 aromatic carbocycles. The molecule has 10 heteroatoms. The zero-order valence-corrected chi connectivity index (χ0v) is 30.7. The Hall–Kier alpha value is -2.09. The van der Waals surface area contributed by atoms with Crippen LogP contribution < -0.4 is 0 Å². The van der Waals surface area contributed by atoms with Gasteiger partial charge in [0.1, 0.15) is 18.0 Å². The number of ether oxygens (including phenoxy) is 3. The summed E-state index contributed by atoms with van der Waals surface area (Å²) in [4.78, 5) is 27.5. The van der Waals surface area contributed by atoms with Crippen molar-refractivity contribution in [3.05, 3.63) is 45.7 Å². The van der Waals surface area contributed by atoms with Crippen LogP contribution in [0.2, 0.25) is 36.3 Å². The second kappa shape index (κ2) is 12.3. The van der Waals surface area contributed by atoms with E-state index < -0.39 is 47.0 Å². The molecule has 44 heavy (non-hydrogen) atoms. The summed E-state index contributed by atoms with van der Waals surface area (Å²) in [5.74, 6) is -0.376. The molecule has 0 saturated carbocycles. The van der Waals surface area contributed by atoms with Crippen LogP contribution in [0.1, 0.15) is 106 Å². The summed E-state index contributed by atoms with van der Waals surface area (Å²) in [6.07, 6.45) is 2.14. The largest absolute Gasteiger partial charge is 0.507 e. The maximum atomic E-state index is 14.0. The van der Waals surface area contributed by atoms with E-state index in [0.717, 1.165) is 6.42 Å². The molecule has 8 nitrogen and oxygen atoms in total. The molecule has 0 radical (unpaired) electrons. The lowest BCUT2D eigenvalue weighted by Gasteiger charge is -2.45. The third kappa shape index (κ3) is 6.71. The molecule has 0 bridgehead atoms. The third-order valence-corrected chi connectivity index (χ3v) is 19.0. The van der Waals surface area contributed by atoms with E-state index in [1.54, 1.807) is 12.1 Å². The Morgan fingerprint density at radius 2 is 1.64 bits per heavy atom. The van der Waals surface area contributed by atoms with E-state index in [2.05, 4.69) is 67.7 Å². The molecule has 0 spiro atoms. The number of ketones is 2. The van der Waals surface area contributed by atoms with Crippen LogP contribution in [0.25, 0.3) is 6.08 Å². The number of phenols is 1. The average molecular weight is 645 g/mol. The van der Waals surface area contributed by atoms with Crippen molar-refractivity contribution in [2.24, 2.45) is 0 Å². The third-order valence-electron chi connectivity index (χ3n) is 10.0. The summed E-state index contributed by atoms with van der Waals surface area (Å²) >= 11 is 0. The number of Topliss-reactive ketones (excluding diaryl/α,β-unsaturated/α-hetero) is 1. The van der Waals surface area contributed by atoms with Crippen molar-refractivity contribution in [1.82, 2.24) is 0 Å². The molecule has 1 N–H and O–H groups in total. The van der Waals surface area contributed by atoms with Gasteiger partial charge in [-0.15, -0.1) is 0 Å². The highest BCUT2D eigenvalue weighted by molar-refractivity contribution is 6.74. The summed E-state index contributed by atoms with van der Waals surface area (Å²) in [6.45, 7) is 26.2. The van der Waals surface area contributed by atoms with E-state index in [9.17, 15) is 14.7 Å². The lowest BCUT2D eigenvalue weighted by atomic mass is 9.82. The number of rotatable bonds is 8.